The molecule has 1 aliphatic carbocycles. The van der Waals surface area contributed by atoms with Crippen molar-refractivity contribution >= 4 is 6.09 Å². The minimum atomic E-state index is -4.39. The number of alkyl halides is 3. The molecule has 0 aromatic heterocycles. The predicted octanol–water partition coefficient (Wildman–Crippen LogP) is 6.21. The second-order valence-electron chi connectivity index (χ2n) is 10.6. The van der Waals surface area contributed by atoms with E-state index in [1.807, 2.05) is 18.2 Å². The van der Waals surface area contributed by atoms with Crippen LogP contribution in [0, 0.1) is 11.3 Å². The lowest BCUT2D eigenvalue weighted by atomic mass is 9.70. The second kappa shape index (κ2) is 8.59. The monoisotopic (exact) mass is 472 g/mol. The molecule has 3 fully saturated rings. The van der Waals surface area contributed by atoms with Crippen LogP contribution in [-0.2, 0) is 17.3 Å². The third kappa shape index (κ3) is 4.54. The van der Waals surface area contributed by atoms with Crippen molar-refractivity contribution in [3.8, 4) is 11.1 Å². The molecule has 6 rings (SSSR count). The molecular formula is C27H31F3N2O2. The van der Waals surface area contributed by atoms with Crippen LogP contribution >= 0.6 is 0 Å². The van der Waals surface area contributed by atoms with E-state index in [-0.39, 0.29) is 17.6 Å². The lowest BCUT2D eigenvalue weighted by Gasteiger charge is -2.44. The SMILES string of the molecule is CC1(C)CCc2ccc(-c3cccc(C(F)(F)F)c3)cc2C1NC(=O)O[C@H]1CN2CCC1CC2. The maximum absolute atomic E-state index is 13.2. The Bertz CT molecular complexity index is 1070. The summed E-state index contributed by atoms with van der Waals surface area (Å²) in [7, 11) is 0. The third-order valence-electron chi connectivity index (χ3n) is 7.92. The van der Waals surface area contributed by atoms with Gasteiger partial charge >= 0.3 is 12.3 Å². The Kier molecular flexibility index (Phi) is 5.87. The van der Waals surface area contributed by atoms with Gasteiger partial charge in [-0.2, -0.15) is 13.2 Å². The molecule has 2 atom stereocenters. The van der Waals surface area contributed by atoms with Crippen LogP contribution in [0.4, 0.5) is 18.0 Å². The van der Waals surface area contributed by atoms with Gasteiger partial charge in [-0.05, 0) is 90.6 Å². The summed E-state index contributed by atoms with van der Waals surface area (Å²) >= 11 is 0. The number of hydrogen-bond acceptors (Lipinski definition) is 3. The van der Waals surface area contributed by atoms with Crippen molar-refractivity contribution in [1.29, 1.82) is 0 Å². The molecule has 0 saturated carbocycles. The minimum absolute atomic E-state index is 0.0786. The number of hydrogen-bond donors (Lipinski definition) is 1. The van der Waals surface area contributed by atoms with E-state index in [9.17, 15) is 18.0 Å². The van der Waals surface area contributed by atoms with Gasteiger partial charge in [0, 0.05) is 6.54 Å². The summed E-state index contributed by atoms with van der Waals surface area (Å²) in [5, 5.41) is 3.13. The van der Waals surface area contributed by atoms with Crippen molar-refractivity contribution in [3.63, 3.8) is 0 Å². The number of aryl methyl sites for hydroxylation is 1. The van der Waals surface area contributed by atoms with Crippen LogP contribution in [-0.4, -0.2) is 36.7 Å². The largest absolute Gasteiger partial charge is 0.445 e. The molecule has 2 aromatic rings. The molecule has 0 spiro atoms. The Morgan fingerprint density at radius 1 is 1.09 bits per heavy atom. The molecule has 1 N–H and O–H groups in total. The van der Waals surface area contributed by atoms with Gasteiger partial charge in [0.2, 0.25) is 0 Å². The van der Waals surface area contributed by atoms with Gasteiger partial charge in [0.1, 0.15) is 6.10 Å². The summed E-state index contributed by atoms with van der Waals surface area (Å²) in [5.74, 6) is 0.426. The van der Waals surface area contributed by atoms with Crippen molar-refractivity contribution in [2.45, 2.75) is 57.9 Å². The highest BCUT2D eigenvalue weighted by molar-refractivity contribution is 5.70. The molecule has 4 aliphatic rings. The van der Waals surface area contributed by atoms with E-state index in [2.05, 4.69) is 24.1 Å². The van der Waals surface area contributed by atoms with E-state index in [4.69, 9.17) is 4.74 Å². The van der Waals surface area contributed by atoms with Gasteiger partial charge in [-0.3, -0.25) is 4.90 Å². The van der Waals surface area contributed by atoms with Gasteiger partial charge in [0.05, 0.1) is 11.6 Å². The summed E-state index contributed by atoms with van der Waals surface area (Å²) in [6, 6.07) is 10.9. The average Bonchev–Trinajstić information content (AvgIpc) is 2.81. The first-order chi connectivity index (χ1) is 16.1. The maximum Gasteiger partial charge on any atom is 0.416 e. The third-order valence-corrected chi connectivity index (χ3v) is 7.92. The molecule has 1 unspecified atom stereocenters. The number of halogens is 3. The normalized spacial score (nSPS) is 27.7. The lowest BCUT2D eigenvalue weighted by molar-refractivity contribution is -0.137. The fraction of sp³-hybridized carbons (Fsp3) is 0.519. The molecule has 7 heteroatoms. The molecule has 2 bridgehead atoms. The van der Waals surface area contributed by atoms with E-state index in [0.29, 0.717) is 17.0 Å². The van der Waals surface area contributed by atoms with Crippen LogP contribution < -0.4 is 5.32 Å². The highest BCUT2D eigenvalue weighted by atomic mass is 19.4. The fourth-order valence-electron chi connectivity index (χ4n) is 5.77. The van der Waals surface area contributed by atoms with Crippen LogP contribution in [0.2, 0.25) is 0 Å². The zero-order valence-electron chi connectivity index (χ0n) is 19.6. The summed E-state index contributed by atoms with van der Waals surface area (Å²) < 4.78 is 45.6. The second-order valence-corrected chi connectivity index (χ2v) is 10.6. The number of carbonyl (C=O) groups is 1. The number of fused-ring (bicyclic) bond motifs is 4. The topological polar surface area (TPSA) is 41.6 Å². The van der Waals surface area contributed by atoms with E-state index in [1.54, 1.807) is 6.07 Å². The molecule has 182 valence electrons. The van der Waals surface area contributed by atoms with Gasteiger partial charge in [0.25, 0.3) is 0 Å². The number of ether oxygens (including phenoxy) is 1. The number of alkyl carbamates (subject to hydrolysis) is 1. The zero-order chi connectivity index (χ0) is 24.1. The molecule has 0 radical (unpaired) electrons. The van der Waals surface area contributed by atoms with Gasteiger partial charge in [-0.25, -0.2) is 4.79 Å². The van der Waals surface area contributed by atoms with Crippen LogP contribution in [0.1, 0.15) is 55.8 Å². The number of rotatable bonds is 3. The Labute approximate surface area is 198 Å². The van der Waals surface area contributed by atoms with Crippen LogP contribution in [0.25, 0.3) is 11.1 Å². The van der Waals surface area contributed by atoms with E-state index in [0.717, 1.165) is 62.5 Å². The molecule has 34 heavy (non-hydrogen) atoms. The van der Waals surface area contributed by atoms with Crippen molar-refractivity contribution < 1.29 is 22.7 Å². The number of nitrogens with zero attached hydrogens (tertiary/aromatic N) is 1. The number of nitrogens with one attached hydrogen (secondary N) is 1. The standard InChI is InChI=1S/C27H31F3N2O2/c1-26(2)11-8-17-6-7-20(19-4-3-5-21(14-19)27(28,29)30)15-22(17)24(26)31-25(33)34-23-16-32-12-9-18(23)10-13-32/h3-7,14-15,18,23-24H,8-13,16H2,1-2H3,(H,31,33)/t23-,24?/m0/s1. The smallest absolute Gasteiger partial charge is 0.416 e. The summed E-state index contributed by atoms with van der Waals surface area (Å²) in [6.07, 6.45) is -0.994. The number of piperidine rings is 3. The minimum Gasteiger partial charge on any atom is -0.445 e. The van der Waals surface area contributed by atoms with Gasteiger partial charge in [-0.1, -0.05) is 38.1 Å². The number of benzene rings is 2. The predicted molar refractivity (Wildman–Crippen MR) is 124 cm³/mol. The van der Waals surface area contributed by atoms with Crippen molar-refractivity contribution in [2.24, 2.45) is 11.3 Å². The summed E-state index contributed by atoms with van der Waals surface area (Å²) in [5.41, 5.74) is 2.40. The van der Waals surface area contributed by atoms with E-state index >= 15 is 0 Å². The first-order valence-electron chi connectivity index (χ1n) is 12.1. The molecule has 3 heterocycles. The summed E-state index contributed by atoms with van der Waals surface area (Å²) in [6.45, 7) is 7.18. The lowest BCUT2D eigenvalue weighted by Crippen LogP contribution is -2.53. The van der Waals surface area contributed by atoms with Crippen LogP contribution in [0.15, 0.2) is 42.5 Å². The van der Waals surface area contributed by atoms with E-state index < -0.39 is 17.8 Å². The first kappa shape index (κ1) is 23.2. The quantitative estimate of drug-likeness (QED) is 0.578. The van der Waals surface area contributed by atoms with Crippen LogP contribution in [0.5, 0.6) is 0 Å². The zero-order valence-corrected chi connectivity index (χ0v) is 19.6. The highest BCUT2D eigenvalue weighted by Crippen LogP contribution is 2.45. The maximum atomic E-state index is 13.2. The van der Waals surface area contributed by atoms with E-state index in [1.165, 1.54) is 12.1 Å². The summed E-state index contributed by atoms with van der Waals surface area (Å²) in [4.78, 5) is 15.3. The van der Waals surface area contributed by atoms with Crippen molar-refractivity contribution in [3.05, 3.63) is 59.2 Å². The molecule has 3 aliphatic heterocycles. The highest BCUT2D eigenvalue weighted by Gasteiger charge is 2.40. The molecule has 4 nitrogen and oxygen atoms in total. The average molecular weight is 473 g/mol. The Hall–Kier alpha value is -2.54. The Balaban J connectivity index is 1.40. The first-order valence-corrected chi connectivity index (χ1v) is 12.1. The molecule has 3 saturated heterocycles. The Morgan fingerprint density at radius 2 is 1.82 bits per heavy atom. The molecule has 1 amide bonds. The van der Waals surface area contributed by atoms with Gasteiger partial charge in [-0.15, -0.1) is 0 Å². The number of carbonyl (C=O) groups excluding carboxylic acids is 1. The van der Waals surface area contributed by atoms with Gasteiger partial charge < -0.3 is 10.1 Å². The van der Waals surface area contributed by atoms with Crippen molar-refractivity contribution in [1.82, 2.24) is 10.2 Å². The van der Waals surface area contributed by atoms with Crippen molar-refractivity contribution in [2.75, 3.05) is 19.6 Å². The molecular weight excluding hydrogens is 441 g/mol. The Morgan fingerprint density at radius 3 is 2.50 bits per heavy atom. The molecule has 2 aromatic carbocycles. The fourth-order valence-corrected chi connectivity index (χ4v) is 5.77. The number of amides is 1. The van der Waals surface area contributed by atoms with Gasteiger partial charge in [0.15, 0.2) is 0 Å². The van der Waals surface area contributed by atoms with Crippen LogP contribution in [0.3, 0.4) is 0 Å².